The van der Waals surface area contributed by atoms with E-state index in [1.165, 1.54) is 12.3 Å². The van der Waals surface area contributed by atoms with Crippen molar-refractivity contribution in [1.82, 2.24) is 4.98 Å². The number of aromatic nitrogens is 1. The third kappa shape index (κ3) is 4.88. The second-order valence-corrected chi connectivity index (χ2v) is 7.40. The Labute approximate surface area is 171 Å². The number of amides is 2. The smallest absolute Gasteiger partial charge is 0.274 e. The van der Waals surface area contributed by atoms with Crippen molar-refractivity contribution < 1.29 is 9.59 Å². The van der Waals surface area contributed by atoms with Crippen molar-refractivity contribution in [3.05, 3.63) is 88.7 Å². The molecule has 0 unspecified atom stereocenters. The van der Waals surface area contributed by atoms with Gasteiger partial charge in [-0.3, -0.25) is 14.6 Å². The van der Waals surface area contributed by atoms with Gasteiger partial charge >= 0.3 is 0 Å². The first-order valence-corrected chi connectivity index (χ1v) is 9.60. The van der Waals surface area contributed by atoms with Gasteiger partial charge in [0.25, 0.3) is 11.8 Å². The van der Waals surface area contributed by atoms with E-state index in [-0.39, 0.29) is 23.4 Å². The summed E-state index contributed by atoms with van der Waals surface area (Å²) in [5.74, 6) is -0.359. The fourth-order valence-electron chi connectivity index (χ4n) is 3.14. The van der Waals surface area contributed by atoms with E-state index >= 15 is 0 Å². The van der Waals surface area contributed by atoms with Crippen molar-refractivity contribution in [1.29, 1.82) is 0 Å². The fourth-order valence-corrected chi connectivity index (χ4v) is 3.14. The molecule has 0 radical (unpaired) electrons. The summed E-state index contributed by atoms with van der Waals surface area (Å²) in [5.41, 5.74) is 5.17. The molecule has 2 aromatic carbocycles. The normalized spacial score (nSPS) is 10.7. The zero-order chi connectivity index (χ0) is 21.0. The van der Waals surface area contributed by atoms with Crippen molar-refractivity contribution in [2.75, 3.05) is 10.6 Å². The van der Waals surface area contributed by atoms with Crippen molar-refractivity contribution >= 4 is 23.2 Å². The first-order chi connectivity index (χ1) is 13.8. The standard InChI is InChI=1S/C24H25N3O2/c1-15(2)20-10-6-8-17(4)22(20)27-24(29)21-14-18(11-12-25-21)23(28)26-19-9-5-7-16(3)13-19/h5-15H,1-4H3,(H,26,28)(H,27,29). The monoisotopic (exact) mass is 387 g/mol. The predicted octanol–water partition coefficient (Wildman–Crippen LogP) is 5.33. The van der Waals surface area contributed by atoms with Gasteiger partial charge in [-0.05, 0) is 60.7 Å². The zero-order valence-corrected chi connectivity index (χ0v) is 17.1. The molecule has 0 aliphatic heterocycles. The molecule has 2 amide bonds. The molecule has 5 nitrogen and oxygen atoms in total. The summed E-state index contributed by atoms with van der Waals surface area (Å²) in [6, 6.07) is 16.6. The van der Waals surface area contributed by atoms with Crippen LogP contribution in [0.25, 0.3) is 0 Å². The number of carbonyl (C=O) groups is 2. The lowest BCUT2D eigenvalue weighted by molar-refractivity contribution is 0.102. The highest BCUT2D eigenvalue weighted by Crippen LogP contribution is 2.27. The van der Waals surface area contributed by atoms with Crippen LogP contribution in [0.4, 0.5) is 11.4 Å². The number of benzene rings is 2. The molecule has 0 saturated carbocycles. The molecule has 0 atom stereocenters. The van der Waals surface area contributed by atoms with Crippen LogP contribution < -0.4 is 10.6 Å². The van der Waals surface area contributed by atoms with E-state index in [9.17, 15) is 9.59 Å². The van der Waals surface area contributed by atoms with Crippen molar-refractivity contribution in [3.8, 4) is 0 Å². The predicted molar refractivity (Wildman–Crippen MR) is 117 cm³/mol. The van der Waals surface area contributed by atoms with Crippen LogP contribution in [0.3, 0.4) is 0 Å². The molecule has 29 heavy (non-hydrogen) atoms. The van der Waals surface area contributed by atoms with E-state index in [0.717, 1.165) is 22.4 Å². The number of hydrogen-bond acceptors (Lipinski definition) is 3. The lowest BCUT2D eigenvalue weighted by Crippen LogP contribution is -2.18. The van der Waals surface area contributed by atoms with E-state index in [0.29, 0.717) is 11.3 Å². The Morgan fingerprint density at radius 1 is 0.897 bits per heavy atom. The largest absolute Gasteiger partial charge is 0.322 e. The average Bonchev–Trinajstić information content (AvgIpc) is 2.69. The van der Waals surface area contributed by atoms with Crippen LogP contribution in [-0.2, 0) is 0 Å². The lowest BCUT2D eigenvalue weighted by Gasteiger charge is -2.16. The van der Waals surface area contributed by atoms with Gasteiger partial charge in [-0.2, -0.15) is 0 Å². The Kier molecular flexibility index (Phi) is 6.07. The minimum absolute atomic E-state index is 0.194. The van der Waals surface area contributed by atoms with Crippen LogP contribution in [0, 0.1) is 13.8 Å². The number of rotatable bonds is 5. The molecular weight excluding hydrogens is 362 g/mol. The van der Waals surface area contributed by atoms with Gasteiger partial charge < -0.3 is 10.6 Å². The number of hydrogen-bond donors (Lipinski definition) is 2. The van der Waals surface area contributed by atoms with Crippen LogP contribution >= 0.6 is 0 Å². The van der Waals surface area contributed by atoms with Gasteiger partial charge in [-0.15, -0.1) is 0 Å². The summed E-state index contributed by atoms with van der Waals surface area (Å²) < 4.78 is 0. The van der Waals surface area contributed by atoms with Gasteiger partial charge in [0.05, 0.1) is 0 Å². The molecule has 5 heteroatoms. The summed E-state index contributed by atoms with van der Waals surface area (Å²) in [7, 11) is 0. The number of pyridine rings is 1. The highest BCUT2D eigenvalue weighted by atomic mass is 16.2. The van der Waals surface area contributed by atoms with Gasteiger partial charge in [0.1, 0.15) is 5.69 Å². The molecule has 0 bridgehead atoms. The van der Waals surface area contributed by atoms with Crippen LogP contribution in [0.15, 0.2) is 60.8 Å². The topological polar surface area (TPSA) is 71.1 Å². The second kappa shape index (κ2) is 8.69. The summed E-state index contributed by atoms with van der Waals surface area (Å²) in [5, 5.41) is 5.82. The Hall–Kier alpha value is -3.47. The zero-order valence-electron chi connectivity index (χ0n) is 17.1. The van der Waals surface area contributed by atoms with E-state index in [2.05, 4.69) is 29.5 Å². The first kappa shape index (κ1) is 20.3. The highest BCUT2D eigenvalue weighted by Gasteiger charge is 2.16. The SMILES string of the molecule is Cc1cccc(NC(=O)c2ccnc(C(=O)Nc3c(C)cccc3C(C)C)c2)c1. The maximum Gasteiger partial charge on any atom is 0.274 e. The number of nitrogens with zero attached hydrogens (tertiary/aromatic N) is 1. The van der Waals surface area contributed by atoms with E-state index in [1.807, 2.05) is 56.3 Å². The minimum Gasteiger partial charge on any atom is -0.322 e. The Morgan fingerprint density at radius 2 is 1.66 bits per heavy atom. The van der Waals surface area contributed by atoms with Gasteiger partial charge in [-0.25, -0.2) is 0 Å². The maximum absolute atomic E-state index is 12.8. The van der Waals surface area contributed by atoms with Crippen molar-refractivity contribution in [2.24, 2.45) is 0 Å². The molecule has 0 spiro atoms. The van der Waals surface area contributed by atoms with E-state index < -0.39 is 0 Å². The molecule has 3 aromatic rings. The molecule has 0 fully saturated rings. The molecule has 1 aromatic heterocycles. The highest BCUT2D eigenvalue weighted by molar-refractivity contribution is 6.08. The summed E-state index contributed by atoms with van der Waals surface area (Å²) >= 11 is 0. The Morgan fingerprint density at radius 3 is 2.38 bits per heavy atom. The Balaban J connectivity index is 1.81. The van der Waals surface area contributed by atoms with Gasteiger partial charge in [0.15, 0.2) is 0 Å². The molecule has 2 N–H and O–H groups in total. The number of nitrogens with one attached hydrogen (secondary N) is 2. The van der Waals surface area contributed by atoms with Crippen molar-refractivity contribution in [3.63, 3.8) is 0 Å². The molecule has 148 valence electrons. The van der Waals surface area contributed by atoms with Crippen molar-refractivity contribution in [2.45, 2.75) is 33.6 Å². The number of carbonyl (C=O) groups excluding carboxylic acids is 2. The van der Waals surface area contributed by atoms with Gasteiger partial charge in [0, 0.05) is 23.1 Å². The van der Waals surface area contributed by atoms with Crippen LogP contribution in [0.2, 0.25) is 0 Å². The summed E-state index contributed by atoms with van der Waals surface area (Å²) in [4.78, 5) is 29.6. The molecule has 1 heterocycles. The lowest BCUT2D eigenvalue weighted by atomic mass is 9.98. The summed E-state index contributed by atoms with van der Waals surface area (Å²) in [6.45, 7) is 8.08. The van der Waals surface area contributed by atoms with E-state index in [1.54, 1.807) is 6.07 Å². The second-order valence-electron chi connectivity index (χ2n) is 7.40. The van der Waals surface area contributed by atoms with Gasteiger partial charge in [-0.1, -0.05) is 44.2 Å². The first-order valence-electron chi connectivity index (χ1n) is 9.60. The molecular formula is C24H25N3O2. The maximum atomic E-state index is 12.8. The minimum atomic E-state index is -0.341. The molecule has 0 aliphatic carbocycles. The number of para-hydroxylation sites is 1. The third-order valence-electron chi connectivity index (χ3n) is 4.70. The fraction of sp³-hybridized carbons (Fsp3) is 0.208. The quantitative estimate of drug-likeness (QED) is 0.622. The Bertz CT molecular complexity index is 1060. The molecule has 0 aliphatic rings. The third-order valence-corrected chi connectivity index (χ3v) is 4.70. The average molecular weight is 387 g/mol. The van der Waals surface area contributed by atoms with E-state index in [4.69, 9.17) is 0 Å². The van der Waals surface area contributed by atoms with Crippen LogP contribution in [-0.4, -0.2) is 16.8 Å². The summed E-state index contributed by atoms with van der Waals surface area (Å²) in [6.07, 6.45) is 1.47. The molecule has 0 saturated heterocycles. The number of aryl methyl sites for hydroxylation is 2. The molecule has 3 rings (SSSR count). The number of anilines is 2. The van der Waals surface area contributed by atoms with Crippen LogP contribution in [0.5, 0.6) is 0 Å². The van der Waals surface area contributed by atoms with Gasteiger partial charge in [0.2, 0.25) is 0 Å². The van der Waals surface area contributed by atoms with Crippen LogP contribution in [0.1, 0.15) is 57.3 Å².